The molecule has 1 aromatic heterocycles. The molecule has 0 saturated heterocycles. The minimum atomic E-state index is -0.624. The fourth-order valence-corrected chi connectivity index (χ4v) is 4.66. The zero-order valence-electron chi connectivity index (χ0n) is 18.1. The summed E-state index contributed by atoms with van der Waals surface area (Å²) in [5, 5.41) is 9.55. The maximum absolute atomic E-state index is 12.9. The van der Waals surface area contributed by atoms with Crippen LogP contribution < -0.4 is 4.74 Å². The zero-order valence-corrected chi connectivity index (χ0v) is 20.5. The topological polar surface area (TPSA) is 103 Å². The number of Topliss-reactive ketones (excluding diaryl/α,β-unsaturated/α-hetero) is 1. The van der Waals surface area contributed by atoms with Gasteiger partial charge >= 0.3 is 11.9 Å². The monoisotopic (exact) mass is 519 g/mol. The second kappa shape index (κ2) is 11.6. The third-order valence-corrected chi connectivity index (χ3v) is 6.28. The van der Waals surface area contributed by atoms with Crippen LogP contribution in [0.25, 0.3) is 6.08 Å². The van der Waals surface area contributed by atoms with E-state index in [4.69, 9.17) is 14.2 Å². The van der Waals surface area contributed by atoms with Gasteiger partial charge in [-0.25, -0.2) is 9.59 Å². The second-order valence-electron chi connectivity index (χ2n) is 6.46. The van der Waals surface area contributed by atoms with Crippen LogP contribution in [-0.2, 0) is 20.7 Å². The predicted molar refractivity (Wildman–Crippen MR) is 124 cm³/mol. The first-order valence-electron chi connectivity index (χ1n) is 9.72. The summed E-state index contributed by atoms with van der Waals surface area (Å²) in [5.74, 6) is -1.06. The highest BCUT2D eigenvalue weighted by atomic mass is 79.9. The number of hydrogen-bond acceptors (Lipinski definition) is 8. The Kier molecular flexibility index (Phi) is 9.17. The molecule has 0 N–H and O–H groups in total. The minimum absolute atomic E-state index is 0.0828. The van der Waals surface area contributed by atoms with E-state index >= 15 is 0 Å². The molecule has 0 aliphatic heterocycles. The minimum Gasteiger partial charge on any atom is -0.496 e. The smallest absolute Gasteiger partial charge is 0.348 e. The Bertz CT molecular complexity index is 1110. The zero-order chi connectivity index (χ0) is 23.8. The van der Waals surface area contributed by atoms with Crippen molar-refractivity contribution in [2.24, 2.45) is 0 Å². The Morgan fingerprint density at radius 1 is 1.16 bits per heavy atom. The molecule has 0 fully saturated rings. The van der Waals surface area contributed by atoms with Crippen LogP contribution in [0.15, 0.2) is 28.2 Å². The SMILES string of the molecule is CCOC(=O)c1sc(CC(=O)/C(C#N)=C/c2ccc(OC)c(Br)c2)c(C(=O)OCC)c1C. The Balaban J connectivity index is 2.42. The summed E-state index contributed by atoms with van der Waals surface area (Å²) < 4.78 is 16.0. The molecular formula is C23H22BrNO6S. The first-order chi connectivity index (χ1) is 15.3. The van der Waals surface area contributed by atoms with Crippen LogP contribution in [0.5, 0.6) is 5.75 Å². The molecule has 0 aliphatic carbocycles. The molecule has 168 valence electrons. The van der Waals surface area contributed by atoms with Gasteiger partial charge in [0.2, 0.25) is 0 Å². The summed E-state index contributed by atoms with van der Waals surface area (Å²) in [6.07, 6.45) is 1.24. The molecule has 0 saturated carbocycles. The predicted octanol–water partition coefficient (Wildman–Crippen LogP) is 4.90. The van der Waals surface area contributed by atoms with Crippen molar-refractivity contribution in [3.05, 3.63) is 54.7 Å². The van der Waals surface area contributed by atoms with Crippen molar-refractivity contribution in [1.29, 1.82) is 5.26 Å². The van der Waals surface area contributed by atoms with Crippen LogP contribution in [0.3, 0.4) is 0 Å². The molecule has 2 aromatic rings. The van der Waals surface area contributed by atoms with Gasteiger partial charge in [-0.1, -0.05) is 6.07 Å². The molecule has 0 bridgehead atoms. The number of allylic oxidation sites excluding steroid dienone is 1. The summed E-state index contributed by atoms with van der Waals surface area (Å²) in [7, 11) is 1.54. The molecule has 0 radical (unpaired) electrons. The normalized spacial score (nSPS) is 10.9. The number of nitriles is 1. The van der Waals surface area contributed by atoms with E-state index in [1.807, 2.05) is 6.07 Å². The highest BCUT2D eigenvalue weighted by Gasteiger charge is 2.28. The first-order valence-corrected chi connectivity index (χ1v) is 11.3. The lowest BCUT2D eigenvalue weighted by molar-refractivity contribution is -0.114. The van der Waals surface area contributed by atoms with Gasteiger partial charge in [0, 0.05) is 11.3 Å². The Morgan fingerprint density at radius 2 is 1.81 bits per heavy atom. The van der Waals surface area contributed by atoms with Gasteiger partial charge in [0.15, 0.2) is 5.78 Å². The lowest BCUT2D eigenvalue weighted by Crippen LogP contribution is -2.12. The number of thiophene rings is 1. The summed E-state index contributed by atoms with van der Waals surface area (Å²) >= 11 is 4.37. The first kappa shape index (κ1) is 25.3. The van der Waals surface area contributed by atoms with E-state index in [1.54, 1.807) is 39.0 Å². The van der Waals surface area contributed by atoms with Gasteiger partial charge in [-0.05, 0) is 66.0 Å². The van der Waals surface area contributed by atoms with Crippen LogP contribution in [0.4, 0.5) is 0 Å². The molecule has 32 heavy (non-hydrogen) atoms. The van der Waals surface area contributed by atoms with Gasteiger partial charge in [0.05, 0.1) is 35.9 Å². The maximum Gasteiger partial charge on any atom is 0.348 e. The Labute approximate surface area is 198 Å². The van der Waals surface area contributed by atoms with Crippen molar-refractivity contribution in [3.63, 3.8) is 0 Å². The number of benzene rings is 1. The van der Waals surface area contributed by atoms with E-state index < -0.39 is 17.7 Å². The van der Waals surface area contributed by atoms with Crippen molar-refractivity contribution in [2.75, 3.05) is 20.3 Å². The lowest BCUT2D eigenvalue weighted by atomic mass is 10.0. The van der Waals surface area contributed by atoms with Gasteiger partial charge < -0.3 is 14.2 Å². The van der Waals surface area contributed by atoms with Gasteiger partial charge in [0.1, 0.15) is 16.7 Å². The highest BCUT2D eigenvalue weighted by Crippen LogP contribution is 2.31. The fraction of sp³-hybridized carbons (Fsp3) is 0.304. The van der Waals surface area contributed by atoms with Gasteiger partial charge in [0.25, 0.3) is 0 Å². The Morgan fingerprint density at radius 3 is 2.38 bits per heavy atom. The van der Waals surface area contributed by atoms with Gasteiger partial charge in [-0.2, -0.15) is 5.26 Å². The van der Waals surface area contributed by atoms with Crippen LogP contribution in [-0.4, -0.2) is 38.0 Å². The average molecular weight is 520 g/mol. The van der Waals surface area contributed by atoms with Crippen LogP contribution in [0.2, 0.25) is 0 Å². The largest absolute Gasteiger partial charge is 0.496 e. The van der Waals surface area contributed by atoms with E-state index in [9.17, 15) is 19.6 Å². The molecular weight excluding hydrogens is 498 g/mol. The lowest BCUT2D eigenvalue weighted by Gasteiger charge is -2.06. The summed E-state index contributed by atoms with van der Waals surface area (Å²) in [6, 6.07) is 7.07. The van der Waals surface area contributed by atoms with E-state index in [0.717, 1.165) is 11.3 Å². The van der Waals surface area contributed by atoms with Crippen molar-refractivity contribution < 1.29 is 28.6 Å². The molecule has 9 heteroatoms. The van der Waals surface area contributed by atoms with Crippen molar-refractivity contribution in [3.8, 4) is 11.8 Å². The van der Waals surface area contributed by atoms with Crippen LogP contribution >= 0.6 is 27.3 Å². The van der Waals surface area contributed by atoms with E-state index in [-0.39, 0.29) is 35.6 Å². The molecule has 7 nitrogen and oxygen atoms in total. The van der Waals surface area contributed by atoms with E-state index in [1.165, 1.54) is 13.2 Å². The molecule has 0 spiro atoms. The number of halogens is 1. The summed E-state index contributed by atoms with van der Waals surface area (Å²) in [4.78, 5) is 38.3. The van der Waals surface area contributed by atoms with Gasteiger partial charge in [-0.3, -0.25) is 4.79 Å². The standard InChI is InChI=1S/C23H22BrNO6S/c1-5-30-22(27)20-13(3)21(23(28)31-6-2)32-19(20)11-17(26)15(12-25)9-14-7-8-18(29-4)16(24)10-14/h7-10H,5-6,11H2,1-4H3/b15-9+. The van der Waals surface area contributed by atoms with Crippen molar-refractivity contribution in [2.45, 2.75) is 27.2 Å². The highest BCUT2D eigenvalue weighted by molar-refractivity contribution is 9.10. The number of carbonyl (C=O) groups excluding carboxylic acids is 3. The number of esters is 2. The molecule has 0 atom stereocenters. The molecule has 0 unspecified atom stereocenters. The maximum atomic E-state index is 12.9. The second-order valence-corrected chi connectivity index (χ2v) is 8.42. The number of ether oxygens (including phenoxy) is 3. The van der Waals surface area contributed by atoms with Crippen molar-refractivity contribution in [1.82, 2.24) is 0 Å². The average Bonchev–Trinajstić information content (AvgIpc) is 3.08. The quantitative estimate of drug-likeness (QED) is 0.263. The van der Waals surface area contributed by atoms with Crippen LogP contribution in [0.1, 0.15) is 49.9 Å². The van der Waals surface area contributed by atoms with E-state index in [2.05, 4.69) is 15.9 Å². The number of carbonyl (C=O) groups is 3. The number of rotatable bonds is 9. The number of nitrogens with zero attached hydrogens (tertiary/aromatic N) is 1. The molecule has 0 aliphatic rings. The molecule has 1 heterocycles. The Hall–Kier alpha value is -2.96. The summed E-state index contributed by atoms with van der Waals surface area (Å²) in [6.45, 7) is 5.28. The van der Waals surface area contributed by atoms with Crippen LogP contribution in [0, 0.1) is 18.3 Å². The molecule has 1 aromatic carbocycles. The third-order valence-electron chi connectivity index (χ3n) is 4.39. The molecule has 0 amide bonds. The number of hydrogen-bond donors (Lipinski definition) is 0. The summed E-state index contributed by atoms with van der Waals surface area (Å²) in [5.41, 5.74) is 1.11. The fourth-order valence-electron chi connectivity index (χ4n) is 2.91. The van der Waals surface area contributed by atoms with Crippen molar-refractivity contribution >= 4 is 51.1 Å². The van der Waals surface area contributed by atoms with E-state index in [0.29, 0.717) is 26.2 Å². The number of methoxy groups -OCH3 is 1. The molecule has 2 rings (SSSR count). The van der Waals surface area contributed by atoms with Gasteiger partial charge in [-0.15, -0.1) is 11.3 Å². The third kappa shape index (κ3) is 5.84. The number of ketones is 1.